The topological polar surface area (TPSA) is 66.6 Å². The minimum Gasteiger partial charge on any atom is -0.480 e. The van der Waals surface area contributed by atoms with E-state index in [0.717, 1.165) is 19.6 Å². The number of nitrogens with zero attached hydrogens (tertiary/aromatic N) is 1. The lowest BCUT2D eigenvalue weighted by atomic mass is 9.78. The third-order valence-corrected chi connectivity index (χ3v) is 3.99. The number of rotatable bonds is 5. The molecule has 16 heavy (non-hydrogen) atoms. The van der Waals surface area contributed by atoms with Gasteiger partial charge in [-0.05, 0) is 37.8 Å². The molecule has 0 saturated carbocycles. The lowest BCUT2D eigenvalue weighted by molar-refractivity contribution is -0.138. The maximum absolute atomic E-state index is 10.6. The van der Waals surface area contributed by atoms with E-state index in [0.29, 0.717) is 11.8 Å². The average molecular weight is 228 g/mol. The molecule has 0 aliphatic carbocycles. The van der Waals surface area contributed by atoms with Crippen LogP contribution in [0.2, 0.25) is 0 Å². The van der Waals surface area contributed by atoms with Crippen molar-refractivity contribution in [3.05, 3.63) is 0 Å². The molecule has 1 aliphatic rings. The third kappa shape index (κ3) is 3.76. The first-order chi connectivity index (χ1) is 7.47. The summed E-state index contributed by atoms with van der Waals surface area (Å²) in [5.41, 5.74) is 5.98. The van der Waals surface area contributed by atoms with Crippen LogP contribution < -0.4 is 5.73 Å². The molecule has 0 unspecified atom stereocenters. The number of hydrogen-bond acceptors (Lipinski definition) is 3. The molecule has 0 aromatic rings. The van der Waals surface area contributed by atoms with Gasteiger partial charge < -0.3 is 15.7 Å². The van der Waals surface area contributed by atoms with Gasteiger partial charge >= 0.3 is 5.97 Å². The predicted octanol–water partition coefficient (Wildman–Crippen LogP) is 1.30. The number of nitrogens with two attached hydrogens (primary N) is 1. The molecule has 4 heteroatoms. The Morgan fingerprint density at radius 1 is 1.50 bits per heavy atom. The molecule has 0 amide bonds. The highest BCUT2D eigenvalue weighted by Crippen LogP contribution is 2.33. The van der Waals surface area contributed by atoms with Crippen molar-refractivity contribution in [2.45, 2.75) is 45.6 Å². The summed E-state index contributed by atoms with van der Waals surface area (Å²) in [4.78, 5) is 12.9. The van der Waals surface area contributed by atoms with E-state index in [1.54, 1.807) is 0 Å². The fourth-order valence-corrected chi connectivity index (χ4v) is 2.12. The summed E-state index contributed by atoms with van der Waals surface area (Å²) in [6.07, 6.45) is 4.21. The zero-order valence-corrected chi connectivity index (χ0v) is 10.4. The Hall–Kier alpha value is -0.610. The van der Waals surface area contributed by atoms with E-state index in [1.165, 1.54) is 19.3 Å². The lowest BCUT2D eigenvalue weighted by Crippen LogP contribution is -2.41. The van der Waals surface area contributed by atoms with Crippen molar-refractivity contribution < 1.29 is 9.90 Å². The minimum atomic E-state index is -0.893. The smallest absolute Gasteiger partial charge is 0.320 e. The highest BCUT2D eigenvalue weighted by molar-refractivity contribution is 5.72. The van der Waals surface area contributed by atoms with E-state index < -0.39 is 12.0 Å². The van der Waals surface area contributed by atoms with Crippen molar-refractivity contribution >= 4 is 5.97 Å². The normalized spacial score (nSPS) is 22.9. The van der Waals surface area contributed by atoms with Crippen molar-refractivity contribution in [1.29, 1.82) is 0 Å². The Balaban J connectivity index is 2.25. The average Bonchev–Trinajstić information content (AvgIpc) is 2.28. The number of aliphatic carboxylic acids is 1. The predicted molar refractivity (Wildman–Crippen MR) is 64.3 cm³/mol. The van der Waals surface area contributed by atoms with Crippen LogP contribution in [0.15, 0.2) is 0 Å². The molecule has 1 aliphatic heterocycles. The van der Waals surface area contributed by atoms with Crippen LogP contribution in [-0.2, 0) is 4.79 Å². The van der Waals surface area contributed by atoms with Gasteiger partial charge in [-0.25, -0.2) is 0 Å². The number of likely N-dealkylation sites (tertiary alicyclic amines) is 1. The molecule has 4 nitrogen and oxygen atoms in total. The molecule has 1 atom stereocenters. The molecule has 94 valence electrons. The molecule has 0 bridgehead atoms. The van der Waals surface area contributed by atoms with Gasteiger partial charge in [0, 0.05) is 6.54 Å². The van der Waals surface area contributed by atoms with Gasteiger partial charge in [-0.3, -0.25) is 4.79 Å². The summed E-state index contributed by atoms with van der Waals surface area (Å²) < 4.78 is 0. The van der Waals surface area contributed by atoms with Gasteiger partial charge in [-0.1, -0.05) is 20.3 Å². The second-order valence-corrected chi connectivity index (χ2v) is 5.24. The van der Waals surface area contributed by atoms with Crippen molar-refractivity contribution in [3.8, 4) is 0 Å². The minimum absolute atomic E-state index is 0.491. The Labute approximate surface area is 97.8 Å². The number of carboxylic acids is 1. The molecule has 0 aromatic carbocycles. The summed E-state index contributed by atoms with van der Waals surface area (Å²) >= 11 is 0. The molecule has 0 aromatic heterocycles. The van der Waals surface area contributed by atoms with Crippen LogP contribution in [0.3, 0.4) is 0 Å². The molecule has 3 N–H and O–H groups in total. The van der Waals surface area contributed by atoms with Crippen molar-refractivity contribution in [2.75, 3.05) is 19.6 Å². The molecule has 1 fully saturated rings. The van der Waals surface area contributed by atoms with Gasteiger partial charge in [-0.2, -0.15) is 0 Å². The summed E-state index contributed by atoms with van der Waals surface area (Å²) in [5.74, 6) is -0.893. The highest BCUT2D eigenvalue weighted by Gasteiger charge is 2.28. The lowest BCUT2D eigenvalue weighted by Gasteiger charge is -2.39. The van der Waals surface area contributed by atoms with Gasteiger partial charge in [0.2, 0.25) is 0 Å². The maximum atomic E-state index is 10.6. The Bertz CT molecular complexity index is 235. The van der Waals surface area contributed by atoms with Crippen LogP contribution in [-0.4, -0.2) is 41.7 Å². The number of carbonyl (C=O) groups is 1. The molecule has 1 heterocycles. The fourth-order valence-electron chi connectivity index (χ4n) is 2.12. The first-order valence-electron chi connectivity index (χ1n) is 6.17. The van der Waals surface area contributed by atoms with Crippen molar-refractivity contribution in [2.24, 2.45) is 11.1 Å². The summed E-state index contributed by atoms with van der Waals surface area (Å²) in [6, 6.07) is -0.709. The van der Waals surface area contributed by atoms with Crippen LogP contribution in [0, 0.1) is 5.41 Å². The molecular weight excluding hydrogens is 204 g/mol. The Morgan fingerprint density at radius 2 is 2.06 bits per heavy atom. The SMILES string of the molecule is CCC1(C)CCN(CC[C@@H](N)C(=O)O)CC1. The zero-order valence-electron chi connectivity index (χ0n) is 10.4. The van der Waals surface area contributed by atoms with Crippen LogP contribution in [0.1, 0.15) is 39.5 Å². The van der Waals surface area contributed by atoms with E-state index in [9.17, 15) is 4.79 Å². The van der Waals surface area contributed by atoms with Crippen molar-refractivity contribution in [1.82, 2.24) is 4.90 Å². The van der Waals surface area contributed by atoms with E-state index in [2.05, 4.69) is 18.7 Å². The molecule has 0 spiro atoms. The van der Waals surface area contributed by atoms with Gasteiger partial charge in [-0.15, -0.1) is 0 Å². The maximum Gasteiger partial charge on any atom is 0.320 e. The van der Waals surface area contributed by atoms with Crippen molar-refractivity contribution in [3.63, 3.8) is 0 Å². The molecule has 0 radical (unpaired) electrons. The van der Waals surface area contributed by atoms with Crippen LogP contribution in [0.25, 0.3) is 0 Å². The monoisotopic (exact) mass is 228 g/mol. The number of hydrogen-bond donors (Lipinski definition) is 2. The summed E-state index contributed by atoms with van der Waals surface area (Å²) in [7, 11) is 0. The second kappa shape index (κ2) is 5.64. The van der Waals surface area contributed by atoms with Crippen LogP contribution in [0.4, 0.5) is 0 Å². The number of carboxylic acid groups (broad SMARTS) is 1. The van der Waals surface area contributed by atoms with Crippen LogP contribution >= 0.6 is 0 Å². The number of piperidine rings is 1. The standard InChI is InChI=1S/C12H24N2O2/c1-3-12(2)5-8-14(9-6-12)7-4-10(13)11(15)16/h10H,3-9,13H2,1-2H3,(H,15,16)/t10-/m1/s1. The summed E-state index contributed by atoms with van der Waals surface area (Å²) in [6.45, 7) is 7.56. The van der Waals surface area contributed by atoms with Gasteiger partial charge in [0.1, 0.15) is 6.04 Å². The van der Waals surface area contributed by atoms with Gasteiger partial charge in [0.15, 0.2) is 0 Å². The Morgan fingerprint density at radius 3 is 2.50 bits per heavy atom. The first-order valence-corrected chi connectivity index (χ1v) is 6.17. The first kappa shape index (κ1) is 13.5. The molecule has 1 rings (SSSR count). The van der Waals surface area contributed by atoms with Crippen LogP contribution in [0.5, 0.6) is 0 Å². The fraction of sp³-hybridized carbons (Fsp3) is 0.917. The van der Waals surface area contributed by atoms with E-state index >= 15 is 0 Å². The largest absolute Gasteiger partial charge is 0.480 e. The van der Waals surface area contributed by atoms with E-state index in [4.69, 9.17) is 10.8 Å². The second-order valence-electron chi connectivity index (χ2n) is 5.24. The zero-order chi connectivity index (χ0) is 12.2. The van der Waals surface area contributed by atoms with Gasteiger partial charge in [0.25, 0.3) is 0 Å². The van der Waals surface area contributed by atoms with E-state index in [1.807, 2.05) is 0 Å². The van der Waals surface area contributed by atoms with E-state index in [-0.39, 0.29) is 0 Å². The summed E-state index contributed by atoms with van der Waals surface area (Å²) in [5, 5.41) is 8.69. The third-order valence-electron chi connectivity index (χ3n) is 3.99. The Kier molecular flexibility index (Phi) is 4.74. The highest BCUT2D eigenvalue weighted by atomic mass is 16.4. The van der Waals surface area contributed by atoms with Gasteiger partial charge in [0.05, 0.1) is 0 Å². The molecule has 1 saturated heterocycles. The quantitative estimate of drug-likeness (QED) is 0.744. The molecular formula is C12H24N2O2.